The summed E-state index contributed by atoms with van der Waals surface area (Å²) in [5.41, 5.74) is 4.94. The Hall–Kier alpha value is -2.04. The molecule has 1 N–H and O–H groups in total. The summed E-state index contributed by atoms with van der Waals surface area (Å²) in [5.74, 6) is 0.497. The molecule has 1 atom stereocenters. The fourth-order valence-electron chi connectivity index (χ4n) is 3.08. The minimum Gasteiger partial charge on any atom is -0.496 e. The van der Waals surface area contributed by atoms with E-state index in [1.54, 1.807) is 7.11 Å². The number of carboxylic acid groups (broad SMARTS) is 1. The monoisotopic (exact) mass is 319 g/mol. The molecule has 5 nitrogen and oxygen atoms in total. The first-order valence-corrected chi connectivity index (χ1v) is 8.00. The van der Waals surface area contributed by atoms with Crippen molar-refractivity contribution in [1.29, 1.82) is 0 Å². The highest BCUT2D eigenvalue weighted by Gasteiger charge is 2.21. The van der Waals surface area contributed by atoms with Gasteiger partial charge in [-0.05, 0) is 51.5 Å². The van der Waals surface area contributed by atoms with Crippen molar-refractivity contribution in [1.82, 2.24) is 5.16 Å². The minimum absolute atomic E-state index is 0.215. The molecule has 0 radical (unpaired) electrons. The van der Waals surface area contributed by atoms with E-state index in [-0.39, 0.29) is 6.42 Å². The Balaban J connectivity index is 2.33. The Kier molecular flexibility index (Phi) is 5.29. The lowest BCUT2D eigenvalue weighted by atomic mass is 9.91. The molecule has 0 fully saturated rings. The van der Waals surface area contributed by atoms with Crippen molar-refractivity contribution < 1.29 is 19.2 Å². The van der Waals surface area contributed by atoms with Gasteiger partial charge in [-0.2, -0.15) is 0 Å². The summed E-state index contributed by atoms with van der Waals surface area (Å²) < 4.78 is 11.2. The topological polar surface area (TPSA) is 72.6 Å². The number of hydrogen-bond acceptors (Lipinski definition) is 4. The van der Waals surface area contributed by atoms with Crippen LogP contribution in [0.3, 0.4) is 0 Å². The molecular weight excluding hydrogens is 294 g/mol. The number of fused-ring (bicyclic) bond motifs is 1. The number of aryl methyl sites for hydroxylation is 3. The van der Waals surface area contributed by atoms with Crippen LogP contribution in [0, 0.1) is 26.7 Å². The van der Waals surface area contributed by atoms with Crippen LogP contribution in [0.1, 0.15) is 48.6 Å². The molecule has 1 heterocycles. The normalized spacial score (nSPS) is 12.6. The largest absolute Gasteiger partial charge is 0.496 e. The number of hydrogen-bond donors (Lipinski definition) is 1. The average Bonchev–Trinajstić information content (AvgIpc) is 2.89. The van der Waals surface area contributed by atoms with Crippen molar-refractivity contribution in [3.63, 3.8) is 0 Å². The number of carboxylic acids is 1. The molecule has 0 saturated carbocycles. The van der Waals surface area contributed by atoms with Gasteiger partial charge in [-0.3, -0.25) is 4.79 Å². The van der Waals surface area contributed by atoms with Crippen molar-refractivity contribution in [2.24, 2.45) is 5.92 Å². The third-order valence-corrected chi connectivity index (χ3v) is 4.62. The first-order chi connectivity index (χ1) is 10.9. The van der Waals surface area contributed by atoms with Gasteiger partial charge in [0.1, 0.15) is 5.75 Å². The van der Waals surface area contributed by atoms with Crippen molar-refractivity contribution in [3.05, 3.63) is 22.4 Å². The molecule has 1 aromatic carbocycles. The molecule has 2 rings (SSSR count). The SMILES string of the molecule is COc1c(C)c(C)c2onc(C)c2c1CCC(C)CCC(=O)O. The Morgan fingerprint density at radius 2 is 1.96 bits per heavy atom. The molecular formula is C18H25NO4. The van der Waals surface area contributed by atoms with E-state index in [9.17, 15) is 4.79 Å². The fraction of sp³-hybridized carbons (Fsp3) is 0.556. The van der Waals surface area contributed by atoms with Crippen LogP contribution in [0.25, 0.3) is 11.0 Å². The number of ether oxygens (including phenoxy) is 1. The average molecular weight is 319 g/mol. The van der Waals surface area contributed by atoms with Gasteiger partial charge in [-0.15, -0.1) is 0 Å². The minimum atomic E-state index is -0.738. The van der Waals surface area contributed by atoms with Crippen molar-refractivity contribution >= 4 is 16.9 Å². The van der Waals surface area contributed by atoms with Crippen LogP contribution >= 0.6 is 0 Å². The summed E-state index contributed by atoms with van der Waals surface area (Å²) in [6, 6.07) is 0. The van der Waals surface area contributed by atoms with Crippen LogP contribution in [-0.4, -0.2) is 23.3 Å². The molecule has 0 aliphatic heterocycles. The Morgan fingerprint density at radius 1 is 1.26 bits per heavy atom. The molecule has 0 amide bonds. The zero-order chi connectivity index (χ0) is 17.1. The number of carbonyl (C=O) groups is 1. The van der Waals surface area contributed by atoms with E-state index in [1.165, 1.54) is 0 Å². The van der Waals surface area contributed by atoms with Gasteiger partial charge in [-0.1, -0.05) is 12.1 Å². The van der Waals surface area contributed by atoms with Gasteiger partial charge >= 0.3 is 5.97 Å². The van der Waals surface area contributed by atoms with Gasteiger partial charge in [-0.25, -0.2) is 0 Å². The molecule has 1 unspecified atom stereocenters. The summed E-state index contributed by atoms with van der Waals surface area (Å²) in [6.45, 7) is 8.08. The quantitative estimate of drug-likeness (QED) is 0.828. The smallest absolute Gasteiger partial charge is 0.303 e. The number of aliphatic carboxylic acids is 1. The van der Waals surface area contributed by atoms with Gasteiger partial charge < -0.3 is 14.4 Å². The molecule has 1 aromatic heterocycles. The third-order valence-electron chi connectivity index (χ3n) is 4.62. The van der Waals surface area contributed by atoms with Crippen molar-refractivity contribution in [3.8, 4) is 5.75 Å². The summed E-state index contributed by atoms with van der Waals surface area (Å²) in [4.78, 5) is 10.7. The van der Waals surface area contributed by atoms with E-state index in [4.69, 9.17) is 14.4 Å². The number of methoxy groups -OCH3 is 1. The van der Waals surface area contributed by atoms with Crippen molar-refractivity contribution in [2.75, 3.05) is 7.11 Å². The van der Waals surface area contributed by atoms with Crippen LogP contribution < -0.4 is 4.74 Å². The predicted octanol–water partition coefficient (Wildman–Crippen LogP) is 4.20. The predicted molar refractivity (Wildman–Crippen MR) is 89.1 cm³/mol. The maximum absolute atomic E-state index is 10.7. The summed E-state index contributed by atoms with van der Waals surface area (Å²) in [7, 11) is 1.69. The number of rotatable bonds is 7. The molecule has 23 heavy (non-hydrogen) atoms. The van der Waals surface area contributed by atoms with E-state index >= 15 is 0 Å². The van der Waals surface area contributed by atoms with Crippen LogP contribution in [0.5, 0.6) is 5.75 Å². The summed E-state index contributed by atoms with van der Waals surface area (Å²) >= 11 is 0. The molecule has 0 spiro atoms. The Morgan fingerprint density at radius 3 is 2.57 bits per heavy atom. The molecule has 2 aromatic rings. The summed E-state index contributed by atoms with van der Waals surface area (Å²) in [6.07, 6.45) is 2.64. The maximum atomic E-state index is 10.7. The fourth-order valence-corrected chi connectivity index (χ4v) is 3.08. The van der Waals surface area contributed by atoms with Gasteiger partial charge in [0.05, 0.1) is 18.2 Å². The van der Waals surface area contributed by atoms with Crippen LogP contribution in [-0.2, 0) is 11.2 Å². The highest BCUT2D eigenvalue weighted by Crippen LogP contribution is 2.38. The zero-order valence-corrected chi connectivity index (χ0v) is 14.5. The Labute approximate surface area is 136 Å². The zero-order valence-electron chi connectivity index (χ0n) is 14.5. The highest BCUT2D eigenvalue weighted by molar-refractivity contribution is 5.89. The Bertz CT molecular complexity index is 718. The molecule has 126 valence electrons. The van der Waals surface area contributed by atoms with Gasteiger partial charge in [0, 0.05) is 17.5 Å². The third kappa shape index (κ3) is 3.49. The molecule has 0 aliphatic rings. The van der Waals surface area contributed by atoms with Crippen LogP contribution in [0.4, 0.5) is 0 Å². The first-order valence-electron chi connectivity index (χ1n) is 8.00. The first kappa shape index (κ1) is 17.3. The molecule has 5 heteroatoms. The molecule has 0 saturated heterocycles. The number of nitrogens with zero attached hydrogens (tertiary/aromatic N) is 1. The number of benzene rings is 1. The van der Waals surface area contributed by atoms with E-state index in [0.717, 1.165) is 51.9 Å². The molecule has 0 aliphatic carbocycles. The standard InChI is InChI=1S/C18H25NO4/c1-10(7-9-15(20)21)6-8-14-16-13(4)19-23-18(16)12(3)11(2)17(14)22-5/h10H,6-9H2,1-5H3,(H,20,21). The second kappa shape index (κ2) is 7.02. The van der Waals surface area contributed by atoms with Gasteiger partial charge in [0.25, 0.3) is 0 Å². The van der Waals surface area contributed by atoms with Crippen LogP contribution in [0.15, 0.2) is 4.52 Å². The van der Waals surface area contributed by atoms with Gasteiger partial charge in [0.15, 0.2) is 5.58 Å². The number of aromatic nitrogens is 1. The highest BCUT2D eigenvalue weighted by atomic mass is 16.5. The lowest BCUT2D eigenvalue weighted by molar-refractivity contribution is -0.137. The van der Waals surface area contributed by atoms with E-state index in [1.807, 2.05) is 20.8 Å². The van der Waals surface area contributed by atoms with Gasteiger partial charge in [0.2, 0.25) is 0 Å². The van der Waals surface area contributed by atoms with Crippen molar-refractivity contribution in [2.45, 2.75) is 53.4 Å². The van der Waals surface area contributed by atoms with E-state index in [0.29, 0.717) is 12.3 Å². The van der Waals surface area contributed by atoms with E-state index in [2.05, 4.69) is 12.1 Å². The second-order valence-electron chi connectivity index (χ2n) is 6.31. The van der Waals surface area contributed by atoms with Crippen LogP contribution in [0.2, 0.25) is 0 Å². The lowest BCUT2D eigenvalue weighted by Crippen LogP contribution is -2.05. The maximum Gasteiger partial charge on any atom is 0.303 e. The summed E-state index contributed by atoms with van der Waals surface area (Å²) in [5, 5.41) is 14.0. The van der Waals surface area contributed by atoms with E-state index < -0.39 is 5.97 Å². The lowest BCUT2D eigenvalue weighted by Gasteiger charge is -2.17. The molecule has 0 bridgehead atoms. The second-order valence-corrected chi connectivity index (χ2v) is 6.31.